The number of hydrogen-bond donors (Lipinski definition) is 1. The van der Waals surface area contributed by atoms with Gasteiger partial charge in [-0.3, -0.25) is 0 Å². The lowest BCUT2D eigenvalue weighted by molar-refractivity contribution is 0.566. The third-order valence-electron chi connectivity index (χ3n) is 4.03. The molecule has 0 bridgehead atoms. The molecule has 1 N–H and O–H groups in total. The van der Waals surface area contributed by atoms with Gasteiger partial charge in [-0.05, 0) is 43.9 Å². The number of anilines is 1. The lowest BCUT2D eigenvalue weighted by Crippen LogP contribution is -2.31. The van der Waals surface area contributed by atoms with Crippen molar-refractivity contribution in [1.82, 2.24) is 14.7 Å². The Morgan fingerprint density at radius 2 is 2.00 bits per heavy atom. The Balaban J connectivity index is 1.67. The lowest BCUT2D eigenvalue weighted by Gasteiger charge is -2.26. The number of rotatable bonds is 6. The van der Waals surface area contributed by atoms with Crippen LogP contribution in [0.2, 0.25) is 0 Å². The molecule has 1 aliphatic heterocycles. The van der Waals surface area contributed by atoms with E-state index in [-0.39, 0.29) is 6.54 Å². The molecule has 0 atom stereocenters. The molecule has 2 aromatic rings. The van der Waals surface area contributed by atoms with Crippen molar-refractivity contribution in [3.8, 4) is 0 Å². The van der Waals surface area contributed by atoms with Crippen LogP contribution in [-0.2, 0) is 23.0 Å². The number of hydrogen-bond acceptors (Lipinski definition) is 6. The first-order valence-corrected chi connectivity index (χ1v) is 10.5. The summed E-state index contributed by atoms with van der Waals surface area (Å²) in [6.07, 6.45) is 6.08. The Labute approximate surface area is 147 Å². The summed E-state index contributed by atoms with van der Waals surface area (Å²) >= 11 is 1.31. The van der Waals surface area contributed by atoms with E-state index in [9.17, 15) is 8.42 Å². The Hall–Kier alpha value is -1.51. The smallest absolute Gasteiger partial charge is 0.250 e. The minimum absolute atomic E-state index is 0.172. The molecule has 0 aliphatic carbocycles. The Bertz CT molecular complexity index is 783. The van der Waals surface area contributed by atoms with Gasteiger partial charge in [0.25, 0.3) is 0 Å². The summed E-state index contributed by atoms with van der Waals surface area (Å²) in [5.41, 5.74) is 0.682. The number of sulfonamides is 1. The SMILES string of the molecule is CCc1ccc(S(=O)(=O)NCc2ccnc(N3CCCCC3)n2)s1. The van der Waals surface area contributed by atoms with Crippen LogP contribution in [0.1, 0.15) is 36.8 Å². The molecule has 0 unspecified atom stereocenters. The van der Waals surface area contributed by atoms with Crippen molar-refractivity contribution >= 4 is 27.3 Å². The molecular weight excluding hydrogens is 344 g/mol. The average Bonchev–Trinajstić information content (AvgIpc) is 3.11. The summed E-state index contributed by atoms with van der Waals surface area (Å²) in [4.78, 5) is 12.0. The predicted molar refractivity (Wildman–Crippen MR) is 95.8 cm³/mol. The maximum atomic E-state index is 12.4. The van der Waals surface area contributed by atoms with Crippen LogP contribution in [0.4, 0.5) is 5.95 Å². The second-order valence-electron chi connectivity index (χ2n) is 5.79. The van der Waals surface area contributed by atoms with E-state index in [2.05, 4.69) is 19.6 Å². The minimum Gasteiger partial charge on any atom is -0.341 e. The quantitative estimate of drug-likeness (QED) is 0.850. The summed E-state index contributed by atoms with van der Waals surface area (Å²) in [6.45, 7) is 4.11. The van der Waals surface area contributed by atoms with E-state index in [1.807, 2.05) is 13.0 Å². The van der Waals surface area contributed by atoms with Gasteiger partial charge in [0.2, 0.25) is 16.0 Å². The van der Waals surface area contributed by atoms with Gasteiger partial charge in [0.1, 0.15) is 4.21 Å². The molecule has 130 valence electrons. The summed E-state index contributed by atoms with van der Waals surface area (Å²) in [5.74, 6) is 0.691. The van der Waals surface area contributed by atoms with Crippen molar-refractivity contribution in [2.24, 2.45) is 0 Å². The van der Waals surface area contributed by atoms with E-state index in [1.165, 1.54) is 17.8 Å². The van der Waals surface area contributed by atoms with Crippen LogP contribution in [0.5, 0.6) is 0 Å². The van der Waals surface area contributed by atoms with Crippen molar-refractivity contribution < 1.29 is 8.42 Å². The van der Waals surface area contributed by atoms with Gasteiger partial charge in [-0.1, -0.05) is 6.92 Å². The van der Waals surface area contributed by atoms with Crippen LogP contribution in [0.25, 0.3) is 0 Å². The average molecular weight is 367 g/mol. The molecule has 1 saturated heterocycles. The zero-order chi connectivity index (χ0) is 17.0. The van der Waals surface area contributed by atoms with E-state index in [4.69, 9.17) is 0 Å². The fourth-order valence-electron chi connectivity index (χ4n) is 2.66. The molecule has 24 heavy (non-hydrogen) atoms. The van der Waals surface area contributed by atoms with Crippen LogP contribution in [0, 0.1) is 0 Å². The number of piperidine rings is 1. The van der Waals surface area contributed by atoms with Crippen molar-refractivity contribution in [2.75, 3.05) is 18.0 Å². The highest BCUT2D eigenvalue weighted by atomic mass is 32.2. The lowest BCUT2D eigenvalue weighted by atomic mass is 10.1. The largest absolute Gasteiger partial charge is 0.341 e. The first-order valence-electron chi connectivity index (χ1n) is 8.24. The molecule has 0 amide bonds. The molecule has 0 spiro atoms. The van der Waals surface area contributed by atoms with Gasteiger partial charge in [-0.15, -0.1) is 11.3 Å². The molecule has 2 aromatic heterocycles. The maximum absolute atomic E-state index is 12.4. The molecule has 3 rings (SSSR count). The molecule has 0 aromatic carbocycles. The van der Waals surface area contributed by atoms with E-state index < -0.39 is 10.0 Å². The second-order valence-corrected chi connectivity index (χ2v) is 8.96. The summed E-state index contributed by atoms with van der Waals surface area (Å²) in [7, 11) is -3.49. The molecule has 6 nitrogen and oxygen atoms in total. The van der Waals surface area contributed by atoms with Crippen LogP contribution >= 0.6 is 11.3 Å². The third kappa shape index (κ3) is 4.12. The molecule has 1 fully saturated rings. The maximum Gasteiger partial charge on any atom is 0.250 e. The van der Waals surface area contributed by atoms with Crippen molar-refractivity contribution in [2.45, 2.75) is 43.4 Å². The monoisotopic (exact) mass is 366 g/mol. The fraction of sp³-hybridized carbons (Fsp3) is 0.500. The number of nitrogens with zero attached hydrogens (tertiary/aromatic N) is 3. The van der Waals surface area contributed by atoms with Crippen molar-refractivity contribution in [1.29, 1.82) is 0 Å². The van der Waals surface area contributed by atoms with E-state index in [0.29, 0.717) is 15.9 Å². The van der Waals surface area contributed by atoms with Gasteiger partial charge in [0.05, 0.1) is 12.2 Å². The van der Waals surface area contributed by atoms with E-state index >= 15 is 0 Å². The highest BCUT2D eigenvalue weighted by molar-refractivity contribution is 7.91. The van der Waals surface area contributed by atoms with Crippen LogP contribution < -0.4 is 9.62 Å². The number of aryl methyl sites for hydroxylation is 1. The van der Waals surface area contributed by atoms with Crippen LogP contribution in [0.15, 0.2) is 28.6 Å². The molecule has 8 heteroatoms. The highest BCUT2D eigenvalue weighted by Crippen LogP contribution is 2.22. The van der Waals surface area contributed by atoms with Gasteiger partial charge >= 0.3 is 0 Å². The summed E-state index contributed by atoms with van der Waals surface area (Å²) in [6, 6.07) is 5.27. The van der Waals surface area contributed by atoms with Gasteiger partial charge in [-0.2, -0.15) is 0 Å². The summed E-state index contributed by atoms with van der Waals surface area (Å²) in [5, 5.41) is 0. The fourth-order valence-corrected chi connectivity index (χ4v) is 5.00. The van der Waals surface area contributed by atoms with Crippen molar-refractivity contribution in [3.05, 3.63) is 35.0 Å². The van der Waals surface area contributed by atoms with Gasteiger partial charge in [0.15, 0.2) is 0 Å². The number of thiophene rings is 1. The minimum atomic E-state index is -3.49. The van der Waals surface area contributed by atoms with E-state index in [1.54, 1.807) is 18.3 Å². The zero-order valence-corrected chi connectivity index (χ0v) is 15.4. The number of aromatic nitrogens is 2. The molecule has 0 saturated carbocycles. The predicted octanol–water partition coefficient (Wildman–Crippen LogP) is 2.57. The topological polar surface area (TPSA) is 75.2 Å². The molecular formula is C16H22N4O2S2. The molecule has 0 radical (unpaired) electrons. The first-order chi connectivity index (χ1) is 11.6. The summed E-state index contributed by atoms with van der Waals surface area (Å²) < 4.78 is 27.7. The Morgan fingerprint density at radius 3 is 2.71 bits per heavy atom. The number of nitrogens with one attached hydrogen (secondary N) is 1. The van der Waals surface area contributed by atoms with Gasteiger partial charge < -0.3 is 4.90 Å². The Morgan fingerprint density at radius 1 is 1.21 bits per heavy atom. The first kappa shape index (κ1) is 17.3. The van der Waals surface area contributed by atoms with Gasteiger partial charge in [0, 0.05) is 24.2 Å². The van der Waals surface area contributed by atoms with Crippen molar-refractivity contribution in [3.63, 3.8) is 0 Å². The normalized spacial score (nSPS) is 15.6. The molecule has 1 aliphatic rings. The Kier molecular flexibility index (Phi) is 5.47. The van der Waals surface area contributed by atoms with Gasteiger partial charge in [-0.25, -0.2) is 23.1 Å². The van der Waals surface area contributed by atoms with E-state index in [0.717, 1.165) is 37.2 Å². The standard InChI is InChI=1S/C16H22N4O2S2/c1-2-14-6-7-15(23-14)24(21,22)18-12-13-8-9-17-16(19-13)20-10-4-3-5-11-20/h6-9,18H,2-5,10-12H2,1H3. The van der Waals surface area contributed by atoms with Crippen LogP contribution in [-0.4, -0.2) is 31.5 Å². The second kappa shape index (κ2) is 7.58. The van der Waals surface area contributed by atoms with Crippen LogP contribution in [0.3, 0.4) is 0 Å². The third-order valence-corrected chi connectivity index (χ3v) is 7.16. The molecule has 3 heterocycles. The highest BCUT2D eigenvalue weighted by Gasteiger charge is 2.18. The zero-order valence-electron chi connectivity index (χ0n) is 13.7.